The molecule has 4 nitrogen and oxygen atoms in total. The lowest BCUT2D eigenvalue weighted by atomic mass is 9.92. The number of amides is 2. The van der Waals surface area contributed by atoms with Crippen molar-refractivity contribution in [1.82, 2.24) is 9.80 Å². The first kappa shape index (κ1) is 20.6. The molecule has 3 rings (SSSR count). The molecule has 150 valence electrons. The molecule has 1 aromatic carbocycles. The molecule has 0 aliphatic carbocycles. The standard InChI is InChI=1S/C23H30N2O2S/c1-4-6-21(26)24(13-5-2)16-22(27)25-14-11-20-19(12-15-28-20)23(25)18-9-7-17(3)8-10-18/h7-10,12,15,23H,4-6,11,13-14,16H2,1-3H3. The van der Waals surface area contributed by atoms with Gasteiger partial charge >= 0.3 is 0 Å². The van der Waals surface area contributed by atoms with E-state index in [0.29, 0.717) is 19.5 Å². The molecule has 1 aromatic heterocycles. The molecule has 0 saturated carbocycles. The lowest BCUT2D eigenvalue weighted by Gasteiger charge is -2.37. The zero-order chi connectivity index (χ0) is 20.1. The highest BCUT2D eigenvalue weighted by Crippen LogP contribution is 2.37. The number of carbonyl (C=O) groups is 2. The van der Waals surface area contributed by atoms with E-state index in [-0.39, 0.29) is 24.4 Å². The Bertz CT molecular complexity index is 812. The monoisotopic (exact) mass is 398 g/mol. The number of nitrogens with zero attached hydrogens (tertiary/aromatic N) is 2. The Balaban J connectivity index is 1.87. The van der Waals surface area contributed by atoms with E-state index in [9.17, 15) is 9.59 Å². The van der Waals surface area contributed by atoms with Gasteiger partial charge in [0.1, 0.15) is 0 Å². The Morgan fingerprint density at radius 3 is 2.57 bits per heavy atom. The van der Waals surface area contributed by atoms with Crippen LogP contribution in [0.1, 0.15) is 60.7 Å². The van der Waals surface area contributed by atoms with Crippen molar-refractivity contribution in [3.8, 4) is 0 Å². The first-order chi connectivity index (χ1) is 13.5. The van der Waals surface area contributed by atoms with Crippen molar-refractivity contribution >= 4 is 23.2 Å². The second-order valence-electron chi connectivity index (χ2n) is 7.51. The molecule has 0 N–H and O–H groups in total. The van der Waals surface area contributed by atoms with Crippen LogP contribution in [-0.4, -0.2) is 41.2 Å². The molecule has 1 atom stereocenters. The van der Waals surface area contributed by atoms with E-state index in [1.807, 2.05) is 18.7 Å². The third kappa shape index (κ3) is 4.46. The van der Waals surface area contributed by atoms with Gasteiger partial charge in [0.05, 0.1) is 12.6 Å². The Hall–Kier alpha value is -2.14. The number of hydrogen-bond acceptors (Lipinski definition) is 3. The molecule has 1 unspecified atom stereocenters. The van der Waals surface area contributed by atoms with Crippen molar-refractivity contribution in [2.45, 2.75) is 52.5 Å². The quantitative estimate of drug-likeness (QED) is 0.685. The molecule has 28 heavy (non-hydrogen) atoms. The maximum atomic E-state index is 13.3. The highest BCUT2D eigenvalue weighted by molar-refractivity contribution is 7.10. The van der Waals surface area contributed by atoms with Gasteiger partial charge in [0.2, 0.25) is 11.8 Å². The molecule has 0 fully saturated rings. The molecule has 0 saturated heterocycles. The third-order valence-electron chi connectivity index (χ3n) is 5.32. The highest BCUT2D eigenvalue weighted by Gasteiger charge is 2.33. The van der Waals surface area contributed by atoms with Crippen molar-refractivity contribution in [3.63, 3.8) is 0 Å². The van der Waals surface area contributed by atoms with Crippen LogP contribution >= 0.6 is 11.3 Å². The normalized spacial score (nSPS) is 16.0. The molecule has 1 aliphatic rings. The van der Waals surface area contributed by atoms with Gasteiger partial charge in [0.15, 0.2) is 0 Å². The number of thiophene rings is 1. The summed E-state index contributed by atoms with van der Waals surface area (Å²) >= 11 is 1.77. The minimum Gasteiger partial charge on any atom is -0.333 e. The van der Waals surface area contributed by atoms with Crippen LogP contribution in [0.5, 0.6) is 0 Å². The third-order valence-corrected chi connectivity index (χ3v) is 6.31. The molecule has 2 heterocycles. The van der Waals surface area contributed by atoms with Gasteiger partial charge in [-0.3, -0.25) is 9.59 Å². The topological polar surface area (TPSA) is 40.6 Å². The molecule has 1 aliphatic heterocycles. The van der Waals surface area contributed by atoms with Crippen LogP contribution in [0.3, 0.4) is 0 Å². The predicted molar refractivity (Wildman–Crippen MR) is 115 cm³/mol. The number of carbonyl (C=O) groups excluding carboxylic acids is 2. The van der Waals surface area contributed by atoms with Crippen LogP contribution in [0, 0.1) is 6.92 Å². The summed E-state index contributed by atoms with van der Waals surface area (Å²) < 4.78 is 0. The van der Waals surface area contributed by atoms with Gasteiger partial charge in [-0.2, -0.15) is 0 Å². The molecule has 0 radical (unpaired) electrons. The predicted octanol–water partition coefficient (Wildman–Crippen LogP) is 4.57. The zero-order valence-corrected chi connectivity index (χ0v) is 17.9. The summed E-state index contributed by atoms with van der Waals surface area (Å²) in [5.74, 6) is 0.123. The first-order valence-electron chi connectivity index (χ1n) is 10.2. The summed E-state index contributed by atoms with van der Waals surface area (Å²) in [6, 6.07) is 10.5. The van der Waals surface area contributed by atoms with Crippen LogP contribution in [0.2, 0.25) is 0 Å². The summed E-state index contributed by atoms with van der Waals surface area (Å²) in [4.78, 5) is 30.8. The van der Waals surface area contributed by atoms with Crippen LogP contribution in [-0.2, 0) is 16.0 Å². The highest BCUT2D eigenvalue weighted by atomic mass is 32.1. The smallest absolute Gasteiger partial charge is 0.242 e. The fourth-order valence-corrected chi connectivity index (χ4v) is 4.79. The Kier molecular flexibility index (Phi) is 6.89. The van der Waals surface area contributed by atoms with Crippen molar-refractivity contribution < 1.29 is 9.59 Å². The SMILES string of the molecule is CCCC(=O)N(CCC)CC(=O)N1CCc2sccc2C1c1ccc(C)cc1. The van der Waals surface area contributed by atoms with Gasteiger partial charge in [-0.05, 0) is 48.8 Å². The first-order valence-corrected chi connectivity index (χ1v) is 11.1. The Morgan fingerprint density at radius 2 is 1.89 bits per heavy atom. The van der Waals surface area contributed by atoms with Crippen molar-refractivity contribution in [2.24, 2.45) is 0 Å². The van der Waals surface area contributed by atoms with E-state index in [1.54, 1.807) is 16.2 Å². The summed E-state index contributed by atoms with van der Waals surface area (Å²) in [6.45, 7) is 7.63. The van der Waals surface area contributed by atoms with Gasteiger partial charge in [-0.15, -0.1) is 11.3 Å². The fraction of sp³-hybridized carbons (Fsp3) is 0.478. The second-order valence-corrected chi connectivity index (χ2v) is 8.52. The molecule has 5 heteroatoms. The largest absolute Gasteiger partial charge is 0.333 e. The van der Waals surface area contributed by atoms with Crippen LogP contribution < -0.4 is 0 Å². The average Bonchev–Trinajstić information content (AvgIpc) is 3.16. The fourth-order valence-electron chi connectivity index (χ4n) is 3.88. The molecule has 0 spiro atoms. The van der Waals surface area contributed by atoms with Gasteiger partial charge in [-0.1, -0.05) is 43.7 Å². The maximum Gasteiger partial charge on any atom is 0.242 e. The van der Waals surface area contributed by atoms with Crippen molar-refractivity contribution in [2.75, 3.05) is 19.6 Å². The minimum atomic E-state index is -0.0622. The molecule has 2 aromatic rings. The summed E-state index contributed by atoms with van der Waals surface area (Å²) in [6.07, 6.45) is 3.06. The summed E-state index contributed by atoms with van der Waals surface area (Å²) in [5, 5.41) is 2.12. The molecular weight excluding hydrogens is 368 g/mol. The summed E-state index contributed by atoms with van der Waals surface area (Å²) in [7, 11) is 0. The number of rotatable bonds is 7. The van der Waals surface area contributed by atoms with E-state index in [1.165, 1.54) is 16.0 Å². The van der Waals surface area contributed by atoms with Gasteiger partial charge in [0.25, 0.3) is 0 Å². The summed E-state index contributed by atoms with van der Waals surface area (Å²) in [5.41, 5.74) is 3.58. The van der Waals surface area contributed by atoms with E-state index in [0.717, 1.165) is 24.8 Å². The Labute approximate surface area is 172 Å². The molecular formula is C23H30N2O2S. The molecule has 0 bridgehead atoms. The number of hydrogen-bond donors (Lipinski definition) is 0. The van der Waals surface area contributed by atoms with Crippen molar-refractivity contribution in [3.05, 3.63) is 57.3 Å². The van der Waals surface area contributed by atoms with Crippen LogP contribution in [0.15, 0.2) is 35.7 Å². The van der Waals surface area contributed by atoms with Crippen molar-refractivity contribution in [1.29, 1.82) is 0 Å². The molecule has 2 amide bonds. The second kappa shape index (κ2) is 9.37. The van der Waals surface area contributed by atoms with Gasteiger partial charge in [0, 0.05) is 24.4 Å². The van der Waals surface area contributed by atoms with E-state index >= 15 is 0 Å². The van der Waals surface area contributed by atoms with Gasteiger partial charge < -0.3 is 9.80 Å². The number of fused-ring (bicyclic) bond motifs is 1. The Morgan fingerprint density at radius 1 is 1.14 bits per heavy atom. The minimum absolute atomic E-state index is 0.0420. The maximum absolute atomic E-state index is 13.3. The van der Waals surface area contributed by atoms with Crippen LogP contribution in [0.25, 0.3) is 0 Å². The van der Waals surface area contributed by atoms with E-state index in [2.05, 4.69) is 42.6 Å². The van der Waals surface area contributed by atoms with Gasteiger partial charge in [-0.25, -0.2) is 0 Å². The van der Waals surface area contributed by atoms with E-state index < -0.39 is 0 Å². The van der Waals surface area contributed by atoms with E-state index in [4.69, 9.17) is 0 Å². The lowest BCUT2D eigenvalue weighted by Crippen LogP contribution is -2.47. The zero-order valence-electron chi connectivity index (χ0n) is 17.1. The average molecular weight is 399 g/mol. The lowest BCUT2D eigenvalue weighted by molar-refractivity contribution is -0.141. The van der Waals surface area contributed by atoms with Crippen LogP contribution in [0.4, 0.5) is 0 Å². The number of benzene rings is 1. The number of aryl methyl sites for hydroxylation is 1.